The van der Waals surface area contributed by atoms with Crippen LogP contribution in [0.25, 0.3) is 28.4 Å². The van der Waals surface area contributed by atoms with Crippen LogP contribution in [-0.4, -0.2) is 166 Å². The molecule has 7 rings (SSSR count). The highest BCUT2D eigenvalue weighted by molar-refractivity contribution is 5.89. The van der Waals surface area contributed by atoms with Gasteiger partial charge in [0.1, 0.15) is 83.2 Å². The van der Waals surface area contributed by atoms with Crippen LogP contribution in [0.2, 0.25) is 0 Å². The second kappa shape index (κ2) is 18.9. The molecule has 3 saturated heterocycles. The van der Waals surface area contributed by atoms with Crippen molar-refractivity contribution < 1.29 is 104 Å². The second-order valence-corrected chi connectivity index (χ2v) is 15.4. The normalized spacial score (nSPS) is 33.2. The van der Waals surface area contributed by atoms with Crippen LogP contribution >= 0.6 is 0 Å². The van der Waals surface area contributed by atoms with Crippen LogP contribution in [-0.2, 0) is 28.5 Å². The molecule has 4 heterocycles. The van der Waals surface area contributed by atoms with Crippen molar-refractivity contribution in [3.63, 3.8) is 0 Å². The fourth-order valence-electron chi connectivity index (χ4n) is 7.20. The van der Waals surface area contributed by atoms with E-state index < -0.39 is 139 Å². The number of benzene rings is 3. The van der Waals surface area contributed by atoms with Gasteiger partial charge in [-0.3, -0.25) is 4.79 Å². The lowest BCUT2D eigenvalue weighted by Gasteiger charge is -2.43. The molecular formula is C42H46O22. The molecule has 3 aliphatic heterocycles. The summed E-state index contributed by atoms with van der Waals surface area (Å²) in [7, 11) is 0. The van der Waals surface area contributed by atoms with Gasteiger partial charge >= 0.3 is 5.97 Å². The van der Waals surface area contributed by atoms with E-state index in [9.17, 15) is 70.9 Å². The maximum absolute atomic E-state index is 14.3. The molecule has 0 saturated carbocycles. The van der Waals surface area contributed by atoms with Crippen LogP contribution in [0.5, 0.6) is 34.5 Å². The van der Waals surface area contributed by atoms with Gasteiger partial charge in [0.15, 0.2) is 29.7 Å². The molecule has 0 spiro atoms. The van der Waals surface area contributed by atoms with E-state index in [1.807, 2.05) is 0 Å². The van der Waals surface area contributed by atoms with E-state index in [0.29, 0.717) is 0 Å². The molecule has 15 atom stereocenters. The summed E-state index contributed by atoms with van der Waals surface area (Å²) in [5.74, 6) is -4.29. The molecule has 3 aromatic carbocycles. The summed E-state index contributed by atoms with van der Waals surface area (Å²) in [6.07, 6.45) is -22.6. The monoisotopic (exact) mass is 902 g/mol. The number of fused-ring (bicyclic) bond motifs is 1. The third-order valence-corrected chi connectivity index (χ3v) is 10.9. The van der Waals surface area contributed by atoms with Crippen LogP contribution in [0.15, 0.2) is 69.9 Å². The Hall–Kier alpha value is -5.60. The van der Waals surface area contributed by atoms with Crippen LogP contribution < -0.4 is 14.9 Å². The van der Waals surface area contributed by atoms with Crippen molar-refractivity contribution in [3.8, 4) is 45.8 Å². The first kappa shape index (κ1) is 46.4. The lowest BCUT2D eigenvalue weighted by atomic mass is 9.98. The molecule has 4 aromatic rings. The molecule has 3 aliphatic rings. The number of aliphatic hydroxyl groups excluding tert-OH is 8. The van der Waals surface area contributed by atoms with Crippen molar-refractivity contribution in [2.75, 3.05) is 6.61 Å². The number of aromatic hydroxyl groups is 4. The third kappa shape index (κ3) is 9.44. The molecule has 12 N–H and O–H groups in total. The van der Waals surface area contributed by atoms with Crippen LogP contribution in [0.3, 0.4) is 0 Å². The zero-order chi connectivity index (χ0) is 46.3. The Morgan fingerprint density at radius 1 is 0.656 bits per heavy atom. The van der Waals surface area contributed by atoms with Gasteiger partial charge in [0.25, 0.3) is 0 Å². The zero-order valence-electron chi connectivity index (χ0n) is 33.7. The number of ether oxygens (including phenoxy) is 7. The predicted molar refractivity (Wildman–Crippen MR) is 213 cm³/mol. The highest BCUT2D eigenvalue weighted by Gasteiger charge is 2.50. The van der Waals surface area contributed by atoms with Crippen molar-refractivity contribution in [1.29, 1.82) is 0 Å². The van der Waals surface area contributed by atoms with Gasteiger partial charge in [-0.2, -0.15) is 0 Å². The van der Waals surface area contributed by atoms with Crippen molar-refractivity contribution in [2.45, 2.75) is 106 Å². The summed E-state index contributed by atoms with van der Waals surface area (Å²) in [4.78, 5) is 27.4. The minimum Gasteiger partial charge on any atom is -0.508 e. The van der Waals surface area contributed by atoms with E-state index in [1.54, 1.807) is 0 Å². The average Bonchev–Trinajstić information content (AvgIpc) is 3.26. The number of rotatable bonds is 11. The standard InChI is InChI=1S/C42H46O22/c1-15-28(48)31(51)34(54)40(58-15)57-14-25-38(63-26(47)10-4-17-3-9-21(44)22(45)11-17)33(53)36(56)42(62-25)64-39-30(50)27-23(46)12-20(60-41-35(55)32(52)29(49)16(2)59-41)13-24(27)61-37(39)18-5-7-19(43)8-6-18/h3-13,15-16,25,28-29,31-36,38,40-46,48-49,51-56H,14H2,1-2H3. The number of hydrogen-bond acceptors (Lipinski definition) is 22. The Kier molecular flexibility index (Phi) is 13.7. The molecule has 22 heteroatoms. The van der Waals surface area contributed by atoms with Crippen LogP contribution in [0.1, 0.15) is 19.4 Å². The second-order valence-electron chi connectivity index (χ2n) is 15.4. The minimum atomic E-state index is -2.13. The summed E-state index contributed by atoms with van der Waals surface area (Å²) in [6.45, 7) is 2.08. The molecule has 0 aliphatic carbocycles. The molecule has 0 bridgehead atoms. The summed E-state index contributed by atoms with van der Waals surface area (Å²) in [5.41, 5.74) is -1.08. The highest BCUT2D eigenvalue weighted by Crippen LogP contribution is 2.39. The van der Waals surface area contributed by atoms with Crippen LogP contribution in [0, 0.1) is 0 Å². The Morgan fingerprint density at radius 2 is 1.27 bits per heavy atom. The van der Waals surface area contributed by atoms with Crippen molar-refractivity contribution >= 4 is 23.0 Å². The first-order valence-electron chi connectivity index (χ1n) is 19.7. The minimum absolute atomic E-state index is 0.0826. The molecule has 64 heavy (non-hydrogen) atoms. The van der Waals surface area contributed by atoms with Gasteiger partial charge in [-0.05, 0) is 61.9 Å². The van der Waals surface area contributed by atoms with E-state index >= 15 is 0 Å². The fraction of sp³-hybridized carbons (Fsp3) is 0.429. The number of hydrogen-bond donors (Lipinski definition) is 12. The quantitative estimate of drug-likeness (QED) is 0.0477. The summed E-state index contributed by atoms with van der Waals surface area (Å²) < 4.78 is 45.8. The average molecular weight is 903 g/mol. The van der Waals surface area contributed by atoms with E-state index in [2.05, 4.69) is 0 Å². The highest BCUT2D eigenvalue weighted by atomic mass is 16.7. The lowest BCUT2D eigenvalue weighted by Crippen LogP contribution is -2.62. The smallest absolute Gasteiger partial charge is 0.331 e. The number of esters is 1. The van der Waals surface area contributed by atoms with Gasteiger partial charge in [0.2, 0.25) is 23.8 Å². The van der Waals surface area contributed by atoms with Gasteiger partial charge < -0.3 is 98.9 Å². The lowest BCUT2D eigenvalue weighted by molar-refractivity contribution is -0.319. The van der Waals surface area contributed by atoms with Crippen molar-refractivity contribution in [3.05, 3.63) is 76.5 Å². The molecule has 15 unspecified atom stereocenters. The Balaban J connectivity index is 1.21. The largest absolute Gasteiger partial charge is 0.508 e. The van der Waals surface area contributed by atoms with Crippen molar-refractivity contribution in [1.82, 2.24) is 0 Å². The first-order chi connectivity index (χ1) is 30.3. The number of carbonyl (C=O) groups excluding carboxylic acids is 1. The maximum Gasteiger partial charge on any atom is 0.331 e. The van der Waals surface area contributed by atoms with E-state index in [1.165, 1.54) is 50.3 Å². The summed E-state index contributed by atoms with van der Waals surface area (Å²) >= 11 is 0. The van der Waals surface area contributed by atoms with E-state index in [-0.39, 0.29) is 34.0 Å². The maximum atomic E-state index is 14.3. The number of phenols is 4. The van der Waals surface area contributed by atoms with Gasteiger partial charge in [-0.1, -0.05) is 6.07 Å². The van der Waals surface area contributed by atoms with Gasteiger partial charge in [0, 0.05) is 23.8 Å². The number of aliphatic hydroxyl groups is 8. The number of phenolic OH excluding ortho intramolecular Hbond substituents is 4. The zero-order valence-corrected chi connectivity index (χ0v) is 33.7. The fourth-order valence-corrected chi connectivity index (χ4v) is 7.20. The third-order valence-electron chi connectivity index (χ3n) is 10.9. The van der Waals surface area contributed by atoms with Gasteiger partial charge in [-0.15, -0.1) is 0 Å². The molecule has 0 radical (unpaired) electrons. The SMILES string of the molecule is CC1OC(OCC2OC(Oc3c(-c4ccc(O)cc4)oc4cc(OC5OC(C)C(O)C(O)C5O)cc(O)c4c3=O)C(O)C(O)C2OC(=O)C=Cc2ccc(O)c(O)c2)C(O)C(O)C1O. The predicted octanol–water partition coefficient (Wildman–Crippen LogP) is -1.22. The summed E-state index contributed by atoms with van der Waals surface area (Å²) in [5, 5.41) is 125. The molecule has 22 nitrogen and oxygen atoms in total. The topological polar surface area (TPSA) is 355 Å². The Labute approximate surface area is 361 Å². The molecule has 346 valence electrons. The molecule has 1 aromatic heterocycles. The number of carbonyl (C=O) groups is 1. The van der Waals surface area contributed by atoms with Crippen LogP contribution in [0.4, 0.5) is 0 Å². The summed E-state index contributed by atoms with van der Waals surface area (Å²) in [6, 6.07) is 10.9. The Morgan fingerprint density at radius 3 is 1.92 bits per heavy atom. The molecule has 3 fully saturated rings. The van der Waals surface area contributed by atoms with Gasteiger partial charge in [-0.25, -0.2) is 4.79 Å². The molecular weight excluding hydrogens is 856 g/mol. The first-order valence-corrected chi connectivity index (χ1v) is 19.7. The van der Waals surface area contributed by atoms with Crippen molar-refractivity contribution in [2.24, 2.45) is 0 Å². The van der Waals surface area contributed by atoms with E-state index in [4.69, 9.17) is 37.6 Å². The van der Waals surface area contributed by atoms with Gasteiger partial charge in [0.05, 0.1) is 18.8 Å². The Bertz CT molecular complexity index is 2390. The molecule has 0 amide bonds. The van der Waals surface area contributed by atoms with E-state index in [0.717, 1.165) is 30.3 Å².